The van der Waals surface area contributed by atoms with Gasteiger partial charge in [0.05, 0.1) is 13.2 Å². The molecule has 3 nitrogen and oxygen atoms in total. The number of nitrogens with two attached hydrogens (primary N) is 2. The van der Waals surface area contributed by atoms with Gasteiger partial charge in [0.2, 0.25) is 0 Å². The average Bonchev–Trinajstić information content (AvgIpc) is 1.61. The summed E-state index contributed by atoms with van der Waals surface area (Å²) in [6, 6.07) is 0. The topological polar surface area (TPSA) is 66.5 Å². The molecule has 0 aromatic rings. The zero-order valence-electron chi connectivity index (χ0n) is 4.31. The molecule has 0 saturated heterocycles. The summed E-state index contributed by atoms with van der Waals surface area (Å²) in [5.74, 6) is 0.0955. The van der Waals surface area contributed by atoms with Crippen molar-refractivity contribution in [1.29, 1.82) is 5.41 Å². The molecule has 0 amide bonds. The first-order valence-corrected chi connectivity index (χ1v) is 2.07. The quantitative estimate of drug-likeness (QED) is 0.291. The van der Waals surface area contributed by atoms with Crippen molar-refractivity contribution in [3.8, 4) is 0 Å². The molecule has 0 atom stereocenters. The summed E-state index contributed by atoms with van der Waals surface area (Å²) >= 11 is 0. The number of amidine groups is 1. The van der Waals surface area contributed by atoms with Crippen LogP contribution in [0.1, 0.15) is 0 Å². The molecule has 0 aliphatic heterocycles. The molecule has 0 rings (SSSR count). The second-order valence-electron chi connectivity index (χ2n) is 1.15. The molecule has 0 saturated carbocycles. The van der Waals surface area contributed by atoms with Crippen LogP contribution in [0.25, 0.3) is 0 Å². The third-order valence-corrected chi connectivity index (χ3v) is 0.468. The van der Waals surface area contributed by atoms with Crippen molar-refractivity contribution in [2.45, 2.75) is 0 Å². The van der Waals surface area contributed by atoms with Crippen LogP contribution in [-0.4, -0.2) is 12.9 Å². The Hall–Kier alpha value is -0.830. The number of rotatable bonds is 2. The zero-order valence-corrected chi connectivity index (χ0v) is 4.31. The Morgan fingerprint density at radius 2 is 2.43 bits per heavy atom. The largest absolute Gasteiger partial charge is 0.384 e. The van der Waals surface area contributed by atoms with Crippen LogP contribution in [-0.2, 0) is 0 Å². The van der Waals surface area contributed by atoms with Crippen LogP contribution in [0.5, 0.6) is 0 Å². The van der Waals surface area contributed by atoms with Crippen LogP contribution in [0.3, 0.4) is 0 Å². The molecule has 0 aliphatic carbocycles. The monoisotopic (exact) mass is 100 g/mol. The van der Waals surface area contributed by atoms with E-state index in [1.54, 1.807) is 6.20 Å². The maximum absolute atomic E-state index is 6.67. The van der Waals surface area contributed by atoms with Crippen LogP contribution in [0.2, 0.25) is 0 Å². The van der Waals surface area contributed by atoms with Gasteiger partial charge in [0, 0.05) is 6.08 Å². The number of hydrogen-bond acceptors (Lipinski definition) is 1. The third-order valence-electron chi connectivity index (χ3n) is 0.468. The SMILES string of the molecule is C[NH2+]C=CC(=N)N. The van der Waals surface area contributed by atoms with Crippen molar-refractivity contribution < 1.29 is 5.32 Å². The summed E-state index contributed by atoms with van der Waals surface area (Å²) in [7, 11) is 1.87. The molecule has 0 aromatic carbocycles. The van der Waals surface area contributed by atoms with Crippen molar-refractivity contribution in [3.05, 3.63) is 12.3 Å². The first-order chi connectivity index (χ1) is 3.27. The van der Waals surface area contributed by atoms with Gasteiger partial charge in [0.1, 0.15) is 5.84 Å². The van der Waals surface area contributed by atoms with Crippen molar-refractivity contribution in [2.24, 2.45) is 5.73 Å². The Morgan fingerprint density at radius 1 is 1.86 bits per heavy atom. The summed E-state index contributed by atoms with van der Waals surface area (Å²) in [4.78, 5) is 0. The maximum Gasteiger partial charge on any atom is 0.120 e. The average molecular weight is 100 g/mol. The Balaban J connectivity index is 3.26. The van der Waals surface area contributed by atoms with Gasteiger partial charge in [-0.1, -0.05) is 0 Å². The number of hydrogen-bond donors (Lipinski definition) is 3. The molecule has 0 radical (unpaired) electrons. The van der Waals surface area contributed by atoms with Crippen LogP contribution in [0.4, 0.5) is 0 Å². The van der Waals surface area contributed by atoms with Crippen molar-refractivity contribution in [2.75, 3.05) is 7.05 Å². The van der Waals surface area contributed by atoms with E-state index in [1.807, 2.05) is 12.4 Å². The Kier molecular flexibility index (Phi) is 2.96. The lowest BCUT2D eigenvalue weighted by Crippen LogP contribution is -2.72. The summed E-state index contributed by atoms with van der Waals surface area (Å²) < 4.78 is 0. The van der Waals surface area contributed by atoms with Crippen molar-refractivity contribution in [3.63, 3.8) is 0 Å². The Bertz CT molecular complexity index is 84.9. The highest BCUT2D eigenvalue weighted by atomic mass is 14.8. The molecule has 0 aliphatic rings. The molecule has 0 aromatic heterocycles. The fraction of sp³-hybridized carbons (Fsp3) is 0.250. The highest BCUT2D eigenvalue weighted by Gasteiger charge is 1.72. The molecular formula is C4H10N3+. The van der Waals surface area contributed by atoms with Gasteiger partial charge in [-0.15, -0.1) is 0 Å². The van der Waals surface area contributed by atoms with E-state index in [0.29, 0.717) is 0 Å². The van der Waals surface area contributed by atoms with Gasteiger partial charge < -0.3 is 11.1 Å². The van der Waals surface area contributed by atoms with Gasteiger partial charge in [0.25, 0.3) is 0 Å². The Labute approximate surface area is 42.7 Å². The normalized spacial score (nSPS) is 9.86. The minimum atomic E-state index is 0.0955. The molecular weight excluding hydrogens is 90.1 g/mol. The predicted octanol–water partition coefficient (Wildman–Crippen LogP) is -1.37. The van der Waals surface area contributed by atoms with Crippen molar-refractivity contribution >= 4 is 5.84 Å². The fourth-order valence-electron chi connectivity index (χ4n) is 0.200. The second-order valence-corrected chi connectivity index (χ2v) is 1.15. The van der Waals surface area contributed by atoms with E-state index in [1.165, 1.54) is 6.08 Å². The fourth-order valence-corrected chi connectivity index (χ4v) is 0.200. The molecule has 7 heavy (non-hydrogen) atoms. The Morgan fingerprint density at radius 3 is 2.57 bits per heavy atom. The van der Waals surface area contributed by atoms with Crippen LogP contribution >= 0.6 is 0 Å². The van der Waals surface area contributed by atoms with E-state index >= 15 is 0 Å². The van der Waals surface area contributed by atoms with Gasteiger partial charge in [-0.05, 0) is 0 Å². The second kappa shape index (κ2) is 3.36. The van der Waals surface area contributed by atoms with Gasteiger partial charge in [-0.25, -0.2) is 0 Å². The minimum Gasteiger partial charge on any atom is -0.384 e. The lowest BCUT2D eigenvalue weighted by Gasteiger charge is -1.78. The van der Waals surface area contributed by atoms with E-state index in [-0.39, 0.29) is 5.84 Å². The van der Waals surface area contributed by atoms with Crippen LogP contribution in [0.15, 0.2) is 12.3 Å². The van der Waals surface area contributed by atoms with Crippen LogP contribution < -0.4 is 11.1 Å². The van der Waals surface area contributed by atoms with E-state index in [0.717, 1.165) is 0 Å². The molecule has 5 N–H and O–H groups in total. The first-order valence-electron chi connectivity index (χ1n) is 2.07. The summed E-state index contributed by atoms with van der Waals surface area (Å²) in [6.45, 7) is 0. The molecule has 0 bridgehead atoms. The zero-order chi connectivity index (χ0) is 5.70. The smallest absolute Gasteiger partial charge is 0.120 e. The molecule has 40 valence electrons. The lowest BCUT2D eigenvalue weighted by atomic mass is 10.6. The summed E-state index contributed by atoms with van der Waals surface area (Å²) in [5.41, 5.74) is 4.96. The summed E-state index contributed by atoms with van der Waals surface area (Å²) in [5, 5.41) is 8.49. The van der Waals surface area contributed by atoms with Gasteiger partial charge in [-0.3, -0.25) is 5.41 Å². The maximum atomic E-state index is 6.67. The van der Waals surface area contributed by atoms with Gasteiger partial charge in [0.15, 0.2) is 0 Å². The third kappa shape index (κ3) is 5.17. The lowest BCUT2D eigenvalue weighted by molar-refractivity contribution is -0.556. The molecule has 3 heteroatoms. The van der Waals surface area contributed by atoms with E-state index < -0.39 is 0 Å². The van der Waals surface area contributed by atoms with E-state index in [2.05, 4.69) is 0 Å². The molecule has 0 unspecified atom stereocenters. The summed E-state index contributed by atoms with van der Waals surface area (Å²) in [6.07, 6.45) is 3.25. The van der Waals surface area contributed by atoms with Gasteiger partial charge in [-0.2, -0.15) is 0 Å². The molecule has 0 heterocycles. The molecule has 0 fully saturated rings. The highest BCUT2D eigenvalue weighted by molar-refractivity contribution is 5.88. The number of quaternary nitrogens is 1. The van der Waals surface area contributed by atoms with E-state index in [4.69, 9.17) is 11.1 Å². The van der Waals surface area contributed by atoms with Gasteiger partial charge >= 0.3 is 0 Å². The highest BCUT2D eigenvalue weighted by Crippen LogP contribution is 1.55. The minimum absolute atomic E-state index is 0.0955. The van der Waals surface area contributed by atoms with Crippen molar-refractivity contribution in [1.82, 2.24) is 0 Å². The first kappa shape index (κ1) is 6.17. The van der Waals surface area contributed by atoms with E-state index in [9.17, 15) is 0 Å². The van der Waals surface area contributed by atoms with Crippen LogP contribution in [0, 0.1) is 5.41 Å². The predicted molar refractivity (Wildman–Crippen MR) is 28.9 cm³/mol. The molecule has 0 spiro atoms. The standard InChI is InChI=1S/C4H9N3/c1-7-3-2-4(5)6/h2-3,7H,1H3,(H3,5,6)/p+1. The number of nitrogens with one attached hydrogen (secondary N) is 1.